The number of para-hydroxylation sites is 4. The smallest absolute Gasteiger partial charge is 0.0541 e. The second-order valence-corrected chi connectivity index (χ2v) is 15.9. The predicted molar refractivity (Wildman–Crippen MR) is 264 cm³/mol. The molecule has 0 spiro atoms. The van der Waals surface area contributed by atoms with Gasteiger partial charge in [0.15, 0.2) is 0 Å². The molecule has 2 heteroatoms. The molecule has 0 saturated heterocycles. The summed E-state index contributed by atoms with van der Waals surface area (Å²) in [4.78, 5) is 0. The molecule has 0 amide bonds. The van der Waals surface area contributed by atoms with Crippen molar-refractivity contribution in [3.8, 4) is 55.9 Å². The van der Waals surface area contributed by atoms with Crippen LogP contribution in [0.2, 0.25) is 0 Å². The van der Waals surface area contributed by atoms with Gasteiger partial charge >= 0.3 is 0 Å². The highest BCUT2D eigenvalue weighted by Crippen LogP contribution is 2.41. The van der Waals surface area contributed by atoms with Crippen LogP contribution in [0.15, 0.2) is 243 Å². The minimum absolute atomic E-state index is 1.17. The van der Waals surface area contributed by atoms with Gasteiger partial charge in [-0.25, -0.2) is 0 Å². The number of allylic oxidation sites excluding steroid dienone is 4. The second kappa shape index (κ2) is 16.3. The molecule has 0 unspecified atom stereocenters. The number of hydrogen-bond donors (Lipinski definition) is 0. The molecule has 9 aromatic carbocycles. The first kappa shape index (κ1) is 37.1. The Kier molecular flexibility index (Phi) is 9.72. The van der Waals surface area contributed by atoms with Gasteiger partial charge in [0.25, 0.3) is 0 Å². The number of rotatable bonds is 6. The van der Waals surface area contributed by atoms with Crippen LogP contribution < -0.4 is 0 Å². The molecular weight excluding hydrogens is 749 g/mol. The van der Waals surface area contributed by atoms with Crippen LogP contribution in [0.5, 0.6) is 0 Å². The molecular formula is C60H44N2. The first-order valence-corrected chi connectivity index (χ1v) is 21.6. The summed E-state index contributed by atoms with van der Waals surface area (Å²) in [7, 11) is 0. The van der Waals surface area contributed by atoms with Crippen molar-refractivity contribution in [1.29, 1.82) is 0 Å². The maximum absolute atomic E-state index is 2.44. The molecule has 0 N–H and O–H groups in total. The molecule has 1 aliphatic carbocycles. The highest BCUT2D eigenvalue weighted by Gasteiger charge is 2.19. The van der Waals surface area contributed by atoms with Crippen LogP contribution in [0.4, 0.5) is 0 Å². The topological polar surface area (TPSA) is 9.86 Å². The molecule has 0 radical (unpaired) electrons. The quantitative estimate of drug-likeness (QED) is 0.159. The molecule has 0 atom stereocenters. The van der Waals surface area contributed by atoms with Gasteiger partial charge < -0.3 is 9.13 Å². The molecule has 0 aliphatic heterocycles. The summed E-state index contributed by atoms with van der Waals surface area (Å²) in [5.41, 5.74) is 16.8. The zero-order chi connectivity index (χ0) is 41.2. The molecule has 11 aromatic rings. The largest absolute Gasteiger partial charge is 0.309 e. The Labute approximate surface area is 362 Å². The van der Waals surface area contributed by atoms with E-state index < -0.39 is 0 Å². The Hall–Kier alpha value is -7.94. The standard InChI is InChI=1S/C54H36N2.C6H8/c1-3-16-37(17-4-1)39-20-15-21-42(34-39)44-23-8-12-27-50(44)56-52-29-14-10-25-46(52)48-36-41(31-33-54(48)56)40-30-32-53-47(35-40)45-24-9-13-28-51(45)55(53)49-26-11-7-22-43(49)38-18-5-2-6-19-38;1-2-4-6-5-3-1/h1-36H;1-4H,5-6H2. The SMILES string of the molecule is C1=CCCC=C1.c1ccc(-c2cccc(-c3ccccc3-n3c4ccccc4c4cc(-c5ccc6c(c5)c5ccccc5n6-c5ccccc5-c5ccccc5)ccc43)c2)cc1. The molecule has 2 heterocycles. The lowest BCUT2D eigenvalue weighted by Gasteiger charge is -2.15. The Bertz CT molecular complexity index is 3440. The lowest BCUT2D eigenvalue weighted by atomic mass is 9.98. The predicted octanol–water partition coefficient (Wildman–Crippen LogP) is 16.4. The van der Waals surface area contributed by atoms with E-state index >= 15 is 0 Å². The fraction of sp³-hybridized carbons (Fsp3) is 0.0333. The lowest BCUT2D eigenvalue weighted by Crippen LogP contribution is -1.97. The highest BCUT2D eigenvalue weighted by molar-refractivity contribution is 6.13. The maximum atomic E-state index is 2.44. The van der Waals surface area contributed by atoms with Crippen molar-refractivity contribution >= 4 is 43.6 Å². The van der Waals surface area contributed by atoms with Gasteiger partial charge in [-0.3, -0.25) is 0 Å². The van der Waals surface area contributed by atoms with E-state index in [1.165, 1.54) is 112 Å². The van der Waals surface area contributed by atoms with Crippen LogP contribution in [0.1, 0.15) is 12.8 Å². The Morgan fingerprint density at radius 1 is 0.258 bits per heavy atom. The van der Waals surface area contributed by atoms with E-state index in [9.17, 15) is 0 Å². The molecule has 0 fully saturated rings. The van der Waals surface area contributed by atoms with E-state index in [2.05, 4.69) is 252 Å². The van der Waals surface area contributed by atoms with E-state index in [-0.39, 0.29) is 0 Å². The van der Waals surface area contributed by atoms with Crippen LogP contribution in [0.25, 0.3) is 99.5 Å². The molecule has 2 aromatic heterocycles. The minimum Gasteiger partial charge on any atom is -0.309 e. The van der Waals surface area contributed by atoms with Gasteiger partial charge in [-0.2, -0.15) is 0 Å². The third-order valence-corrected chi connectivity index (χ3v) is 12.2. The fourth-order valence-corrected chi connectivity index (χ4v) is 9.31. The number of fused-ring (bicyclic) bond motifs is 6. The third kappa shape index (κ3) is 6.73. The zero-order valence-corrected chi connectivity index (χ0v) is 34.4. The summed E-state index contributed by atoms with van der Waals surface area (Å²) >= 11 is 0. The summed E-state index contributed by atoms with van der Waals surface area (Å²) in [5.74, 6) is 0. The Morgan fingerprint density at radius 2 is 0.661 bits per heavy atom. The average Bonchev–Trinajstić information content (AvgIpc) is 3.87. The summed E-state index contributed by atoms with van der Waals surface area (Å²) in [6, 6.07) is 79.4. The van der Waals surface area contributed by atoms with Crippen LogP contribution in [0, 0.1) is 0 Å². The van der Waals surface area contributed by atoms with Crippen molar-refractivity contribution < 1.29 is 0 Å². The molecule has 294 valence electrons. The van der Waals surface area contributed by atoms with Crippen molar-refractivity contribution in [2.75, 3.05) is 0 Å². The van der Waals surface area contributed by atoms with Crippen molar-refractivity contribution in [2.24, 2.45) is 0 Å². The third-order valence-electron chi connectivity index (χ3n) is 12.2. The molecule has 0 bridgehead atoms. The van der Waals surface area contributed by atoms with Crippen molar-refractivity contribution in [2.45, 2.75) is 12.8 Å². The van der Waals surface area contributed by atoms with Gasteiger partial charge in [0.2, 0.25) is 0 Å². The summed E-state index contributed by atoms with van der Waals surface area (Å²) in [5, 5.41) is 4.98. The minimum atomic E-state index is 1.17. The molecule has 0 saturated carbocycles. The normalized spacial score (nSPS) is 12.3. The zero-order valence-electron chi connectivity index (χ0n) is 34.4. The van der Waals surface area contributed by atoms with Crippen molar-refractivity contribution in [1.82, 2.24) is 9.13 Å². The average molecular weight is 793 g/mol. The highest BCUT2D eigenvalue weighted by atomic mass is 15.0. The van der Waals surface area contributed by atoms with E-state index in [0.29, 0.717) is 0 Å². The van der Waals surface area contributed by atoms with E-state index in [0.717, 1.165) is 0 Å². The van der Waals surface area contributed by atoms with Crippen LogP contribution in [0.3, 0.4) is 0 Å². The van der Waals surface area contributed by atoms with E-state index in [4.69, 9.17) is 0 Å². The van der Waals surface area contributed by atoms with Gasteiger partial charge in [-0.1, -0.05) is 188 Å². The van der Waals surface area contributed by atoms with Crippen LogP contribution in [-0.4, -0.2) is 9.13 Å². The molecule has 2 nitrogen and oxygen atoms in total. The summed E-state index contributed by atoms with van der Waals surface area (Å²) < 4.78 is 4.88. The number of hydrogen-bond acceptors (Lipinski definition) is 0. The first-order valence-electron chi connectivity index (χ1n) is 21.6. The number of benzene rings is 9. The Balaban J connectivity index is 0.000000666. The van der Waals surface area contributed by atoms with Gasteiger partial charge in [-0.15, -0.1) is 0 Å². The van der Waals surface area contributed by atoms with Crippen LogP contribution in [-0.2, 0) is 0 Å². The van der Waals surface area contributed by atoms with Crippen LogP contribution >= 0.6 is 0 Å². The van der Waals surface area contributed by atoms with Gasteiger partial charge in [-0.05, 0) is 101 Å². The Morgan fingerprint density at radius 3 is 1.19 bits per heavy atom. The lowest BCUT2D eigenvalue weighted by molar-refractivity contribution is 1.04. The molecule has 1 aliphatic rings. The van der Waals surface area contributed by atoms with Gasteiger partial charge in [0.1, 0.15) is 0 Å². The van der Waals surface area contributed by atoms with Gasteiger partial charge in [0.05, 0.1) is 33.4 Å². The number of nitrogens with zero attached hydrogens (tertiary/aromatic N) is 2. The molecule has 62 heavy (non-hydrogen) atoms. The van der Waals surface area contributed by atoms with E-state index in [1.807, 2.05) is 0 Å². The second-order valence-electron chi connectivity index (χ2n) is 15.9. The number of aromatic nitrogens is 2. The fourth-order valence-electron chi connectivity index (χ4n) is 9.31. The molecule has 12 rings (SSSR count). The summed E-state index contributed by atoms with van der Waals surface area (Å²) in [6.07, 6.45) is 11.0. The van der Waals surface area contributed by atoms with Crippen molar-refractivity contribution in [3.63, 3.8) is 0 Å². The monoisotopic (exact) mass is 792 g/mol. The first-order chi connectivity index (χ1) is 30.8. The van der Waals surface area contributed by atoms with Gasteiger partial charge in [0, 0.05) is 32.7 Å². The maximum Gasteiger partial charge on any atom is 0.0541 e. The summed E-state index contributed by atoms with van der Waals surface area (Å²) in [6.45, 7) is 0. The van der Waals surface area contributed by atoms with E-state index in [1.54, 1.807) is 0 Å². The van der Waals surface area contributed by atoms with Crippen molar-refractivity contribution in [3.05, 3.63) is 243 Å².